The Morgan fingerprint density at radius 1 is 1.07 bits per heavy atom. The van der Waals surface area contributed by atoms with E-state index < -0.39 is 19.2 Å². The quantitative estimate of drug-likeness (QED) is 0.627. The lowest BCUT2D eigenvalue weighted by atomic mass is 10.2. The van der Waals surface area contributed by atoms with Crippen molar-refractivity contribution in [2.24, 2.45) is 0 Å². The highest BCUT2D eigenvalue weighted by Crippen LogP contribution is 2.13. The van der Waals surface area contributed by atoms with E-state index in [4.69, 9.17) is 4.74 Å². The van der Waals surface area contributed by atoms with Gasteiger partial charge in [0.05, 0.1) is 24.8 Å². The molecule has 0 atom stereocenters. The van der Waals surface area contributed by atoms with Crippen molar-refractivity contribution in [3.63, 3.8) is 0 Å². The molecule has 0 radical (unpaired) electrons. The average Bonchev–Trinajstić information content (AvgIpc) is 3.15. The lowest BCUT2D eigenvalue weighted by Crippen LogP contribution is -1.81. The van der Waals surface area contributed by atoms with Gasteiger partial charge in [0.2, 0.25) is 0 Å². The fourth-order valence-electron chi connectivity index (χ4n) is 1.69. The van der Waals surface area contributed by atoms with Crippen LogP contribution in [0.15, 0.2) is 48.4 Å². The number of ether oxygens (including phenoxy) is 1. The Balaban J connectivity index is 0.000000722. The van der Waals surface area contributed by atoms with Gasteiger partial charge in [-0.05, 0) is 42.8 Å². The molecule has 0 spiro atoms. The highest BCUT2D eigenvalue weighted by molar-refractivity contribution is 5.67. The zero-order valence-corrected chi connectivity index (χ0v) is 16.2. The van der Waals surface area contributed by atoms with Crippen LogP contribution < -0.4 is 4.74 Å². The van der Waals surface area contributed by atoms with Crippen molar-refractivity contribution in [3.05, 3.63) is 65.5 Å². The van der Waals surface area contributed by atoms with Gasteiger partial charge in [0.15, 0.2) is 0 Å². The third kappa shape index (κ3) is 11.5. The zero-order valence-electron chi connectivity index (χ0n) is 16.2. The first-order valence-corrected chi connectivity index (χ1v) is 8.57. The van der Waals surface area contributed by atoms with Gasteiger partial charge in [-0.3, -0.25) is 0 Å². The number of imidazole rings is 1. The highest BCUT2D eigenvalue weighted by atomic mass is 19.1. The summed E-state index contributed by atoms with van der Waals surface area (Å²) >= 11 is 0. The number of hydrogen-bond acceptors (Lipinski definition) is 2. The summed E-state index contributed by atoms with van der Waals surface area (Å²) in [4.78, 5) is 7.24. The van der Waals surface area contributed by atoms with Crippen LogP contribution in [-0.4, -0.2) is 30.4 Å². The molecular formula is C21H27F3N2O. The molecule has 2 rings (SSSR count). The number of aromatic amines is 1. The fraction of sp³-hybridized carbons (Fsp3) is 0.286. The average molecular weight is 380 g/mol. The van der Waals surface area contributed by atoms with Crippen LogP contribution in [-0.2, 0) is 0 Å². The van der Waals surface area contributed by atoms with Gasteiger partial charge in [-0.2, -0.15) is 0 Å². The number of benzene rings is 1. The maximum absolute atomic E-state index is 12.0. The van der Waals surface area contributed by atoms with E-state index in [0.29, 0.717) is 0 Å². The number of halogens is 3. The molecule has 0 aliphatic heterocycles. The van der Waals surface area contributed by atoms with Gasteiger partial charge in [0.25, 0.3) is 0 Å². The molecule has 6 heteroatoms. The molecule has 148 valence electrons. The lowest BCUT2D eigenvalue weighted by molar-refractivity contribution is 0.415. The van der Waals surface area contributed by atoms with E-state index in [-0.39, 0.29) is 0 Å². The molecule has 0 amide bonds. The molecule has 0 bridgehead atoms. The number of H-pyrrole nitrogens is 1. The summed E-state index contributed by atoms with van der Waals surface area (Å²) in [5.74, 6) is 1.10. The monoisotopic (exact) mass is 380 g/mol. The SMILES string of the molecule is C/C(F)=C\CF.CC.COc1ccc(/C=C/c2ncc(/C=C/CF)[nH]2)cc1. The van der Waals surface area contributed by atoms with Gasteiger partial charge in [-0.25, -0.2) is 18.2 Å². The molecule has 1 aromatic carbocycles. The largest absolute Gasteiger partial charge is 0.497 e. The van der Waals surface area contributed by atoms with Crippen molar-refractivity contribution in [2.75, 3.05) is 20.5 Å². The molecule has 0 aliphatic rings. The maximum atomic E-state index is 12.0. The van der Waals surface area contributed by atoms with E-state index in [2.05, 4.69) is 9.97 Å². The summed E-state index contributed by atoms with van der Waals surface area (Å²) in [6.07, 6.45) is 9.46. The Hall–Kier alpha value is -2.76. The van der Waals surface area contributed by atoms with Gasteiger partial charge in [-0.15, -0.1) is 0 Å². The fourth-order valence-corrected chi connectivity index (χ4v) is 1.69. The molecule has 27 heavy (non-hydrogen) atoms. The van der Waals surface area contributed by atoms with Crippen molar-refractivity contribution in [3.8, 4) is 5.75 Å². The third-order valence-corrected chi connectivity index (χ3v) is 2.91. The van der Waals surface area contributed by atoms with Crippen LogP contribution in [0.2, 0.25) is 0 Å². The molecule has 0 unspecified atom stereocenters. The summed E-state index contributed by atoms with van der Waals surface area (Å²) in [6.45, 7) is 4.03. The third-order valence-electron chi connectivity index (χ3n) is 2.91. The summed E-state index contributed by atoms with van der Waals surface area (Å²) in [6, 6.07) is 7.72. The summed E-state index contributed by atoms with van der Waals surface area (Å²) < 4.78 is 39.3. The van der Waals surface area contributed by atoms with E-state index in [9.17, 15) is 13.2 Å². The lowest BCUT2D eigenvalue weighted by Gasteiger charge is -1.98. The summed E-state index contributed by atoms with van der Waals surface area (Å²) in [5, 5.41) is 0. The van der Waals surface area contributed by atoms with Crippen LogP contribution in [0, 0.1) is 0 Å². The van der Waals surface area contributed by atoms with Crippen LogP contribution in [0.3, 0.4) is 0 Å². The zero-order chi connectivity index (χ0) is 20.5. The van der Waals surface area contributed by atoms with Crippen molar-refractivity contribution in [1.29, 1.82) is 0 Å². The van der Waals surface area contributed by atoms with E-state index in [0.717, 1.165) is 28.9 Å². The summed E-state index contributed by atoms with van der Waals surface area (Å²) in [7, 11) is 1.64. The molecular weight excluding hydrogens is 353 g/mol. The number of allylic oxidation sites excluding steroid dienone is 3. The van der Waals surface area contributed by atoms with Gasteiger partial charge in [0, 0.05) is 0 Å². The maximum Gasteiger partial charge on any atom is 0.130 e. The topological polar surface area (TPSA) is 37.9 Å². The molecule has 0 aliphatic carbocycles. The number of alkyl halides is 2. The molecule has 1 N–H and O–H groups in total. The first kappa shape index (κ1) is 24.2. The number of aromatic nitrogens is 2. The highest BCUT2D eigenvalue weighted by Gasteiger charge is 1.94. The molecule has 2 aromatic rings. The van der Waals surface area contributed by atoms with Gasteiger partial charge < -0.3 is 9.72 Å². The first-order valence-electron chi connectivity index (χ1n) is 8.57. The predicted octanol–water partition coefficient (Wildman–Crippen LogP) is 6.43. The van der Waals surface area contributed by atoms with Crippen LogP contribution in [0.1, 0.15) is 37.9 Å². The van der Waals surface area contributed by atoms with Gasteiger partial charge in [-0.1, -0.05) is 38.1 Å². The Labute approximate surface area is 159 Å². The molecule has 1 heterocycles. The standard InChI is InChI=1S/C15H15FN2O.C4H6F2.C2H6/c1-19-14-7-4-12(5-8-14)6-9-15-17-11-13(18-15)3-2-10-16;1-4(6)2-3-5;1-2/h2-9,11H,10H2,1H3,(H,17,18);2H,3H2,1H3;1-2H3/b3-2+,9-6+;4-2+;. The predicted molar refractivity (Wildman–Crippen MR) is 108 cm³/mol. The minimum Gasteiger partial charge on any atom is -0.497 e. The minimum absolute atomic E-state index is 0.461. The van der Waals surface area contributed by atoms with Crippen molar-refractivity contribution in [1.82, 2.24) is 9.97 Å². The Morgan fingerprint density at radius 3 is 2.22 bits per heavy atom. The Kier molecular flexibility index (Phi) is 13.9. The van der Waals surface area contributed by atoms with E-state index in [1.165, 1.54) is 13.0 Å². The molecule has 0 saturated carbocycles. The van der Waals surface area contributed by atoms with Crippen LogP contribution in [0.4, 0.5) is 13.2 Å². The number of methoxy groups -OCH3 is 1. The second kappa shape index (κ2) is 15.5. The Bertz CT molecular complexity index is 700. The molecule has 3 nitrogen and oxygen atoms in total. The van der Waals surface area contributed by atoms with Crippen LogP contribution >= 0.6 is 0 Å². The van der Waals surface area contributed by atoms with Crippen molar-refractivity contribution < 1.29 is 17.9 Å². The van der Waals surface area contributed by atoms with Gasteiger partial charge >= 0.3 is 0 Å². The second-order valence-electron chi connectivity index (χ2n) is 4.83. The van der Waals surface area contributed by atoms with Crippen molar-refractivity contribution in [2.45, 2.75) is 20.8 Å². The van der Waals surface area contributed by atoms with Gasteiger partial charge in [0.1, 0.15) is 24.9 Å². The molecule has 0 saturated heterocycles. The second-order valence-corrected chi connectivity index (χ2v) is 4.83. The van der Waals surface area contributed by atoms with E-state index >= 15 is 0 Å². The Morgan fingerprint density at radius 2 is 1.74 bits per heavy atom. The normalized spacial score (nSPS) is 11.0. The molecule has 1 aromatic heterocycles. The number of nitrogens with zero attached hydrogens (tertiary/aromatic N) is 1. The number of hydrogen-bond donors (Lipinski definition) is 1. The summed E-state index contributed by atoms with van der Waals surface area (Å²) in [5.41, 5.74) is 1.84. The first-order chi connectivity index (χ1) is 13.1. The van der Waals surface area contributed by atoms with Crippen molar-refractivity contribution >= 4 is 18.2 Å². The number of rotatable bonds is 6. The van der Waals surface area contributed by atoms with Crippen LogP contribution in [0.5, 0.6) is 5.75 Å². The minimum atomic E-state index is -0.706. The smallest absolute Gasteiger partial charge is 0.130 e. The van der Waals surface area contributed by atoms with E-state index in [1.807, 2.05) is 50.3 Å². The van der Waals surface area contributed by atoms with Crippen LogP contribution in [0.25, 0.3) is 18.2 Å². The molecule has 0 fully saturated rings. The number of nitrogens with one attached hydrogen (secondary N) is 1. The van der Waals surface area contributed by atoms with E-state index in [1.54, 1.807) is 19.4 Å².